The van der Waals surface area contributed by atoms with Gasteiger partial charge in [0.1, 0.15) is 5.50 Å². The van der Waals surface area contributed by atoms with Crippen LogP contribution in [0.15, 0.2) is 30.5 Å². The average Bonchev–Trinajstić information content (AvgIpc) is 2.29. The first-order valence-corrected chi connectivity index (χ1v) is 5.93. The molecule has 1 atom stereocenters. The maximum Gasteiger partial charge on any atom is 0.130 e. The fraction of sp³-hybridized carbons (Fsp3) is 0.385. The van der Waals surface area contributed by atoms with Gasteiger partial charge in [-0.3, -0.25) is 0 Å². The zero-order valence-corrected chi connectivity index (χ0v) is 9.74. The van der Waals surface area contributed by atoms with E-state index in [2.05, 4.69) is 42.3 Å². The summed E-state index contributed by atoms with van der Waals surface area (Å²) in [5.74, 6) is 0. The summed E-state index contributed by atoms with van der Waals surface area (Å²) < 4.78 is 0. The number of alkyl halides is 1. The van der Waals surface area contributed by atoms with Crippen LogP contribution >= 0.6 is 11.6 Å². The zero-order valence-electron chi connectivity index (χ0n) is 8.99. The summed E-state index contributed by atoms with van der Waals surface area (Å²) in [6, 6.07) is 8.31. The van der Waals surface area contributed by atoms with Crippen LogP contribution < -0.4 is 0 Å². The van der Waals surface area contributed by atoms with Crippen molar-refractivity contribution in [3.05, 3.63) is 41.6 Å². The maximum absolute atomic E-state index is 6.42. The largest absolute Gasteiger partial charge is 0.358 e. The van der Waals surface area contributed by atoms with Gasteiger partial charge in [-0.05, 0) is 23.6 Å². The highest BCUT2D eigenvalue weighted by Gasteiger charge is 2.19. The van der Waals surface area contributed by atoms with E-state index in [1.54, 1.807) is 0 Å². The summed E-state index contributed by atoms with van der Waals surface area (Å²) in [7, 11) is 0. The lowest BCUT2D eigenvalue weighted by Gasteiger charge is -2.30. The molecule has 15 heavy (non-hydrogen) atoms. The Morgan fingerprint density at radius 1 is 1.33 bits per heavy atom. The van der Waals surface area contributed by atoms with Gasteiger partial charge in [0.2, 0.25) is 0 Å². The van der Waals surface area contributed by atoms with E-state index in [1.807, 2.05) is 6.07 Å². The summed E-state index contributed by atoms with van der Waals surface area (Å²) in [6.07, 6.45) is 6.64. The Morgan fingerprint density at radius 3 is 2.93 bits per heavy atom. The van der Waals surface area contributed by atoms with Crippen LogP contribution in [0.4, 0.5) is 0 Å². The van der Waals surface area contributed by atoms with Gasteiger partial charge in [0, 0.05) is 12.7 Å². The second-order valence-electron chi connectivity index (χ2n) is 3.87. The molecule has 0 spiro atoms. The molecule has 1 aromatic rings. The van der Waals surface area contributed by atoms with Crippen LogP contribution in [0.2, 0.25) is 0 Å². The molecular weight excluding hydrogens is 206 g/mol. The molecule has 2 rings (SSSR count). The van der Waals surface area contributed by atoms with Crippen molar-refractivity contribution in [2.45, 2.75) is 25.3 Å². The summed E-state index contributed by atoms with van der Waals surface area (Å²) in [5, 5.41) is 0. The molecule has 2 heteroatoms. The standard InChI is InChI=1S/C13H16ClN/c1-2-3-9-15-10-8-11-6-4-5-7-12(11)13(15)14/h4-8,10,13H,2-3,9H2,1H3. The van der Waals surface area contributed by atoms with Gasteiger partial charge in [-0.25, -0.2) is 0 Å². The van der Waals surface area contributed by atoms with Crippen molar-refractivity contribution >= 4 is 17.7 Å². The van der Waals surface area contributed by atoms with E-state index in [0.717, 1.165) is 6.54 Å². The highest BCUT2D eigenvalue weighted by atomic mass is 35.5. The topological polar surface area (TPSA) is 3.24 Å². The second kappa shape index (κ2) is 4.71. The van der Waals surface area contributed by atoms with Crippen LogP contribution in [-0.4, -0.2) is 11.4 Å². The zero-order chi connectivity index (χ0) is 10.7. The molecule has 0 N–H and O–H groups in total. The fourth-order valence-electron chi connectivity index (χ4n) is 1.84. The first-order chi connectivity index (χ1) is 7.33. The molecule has 0 fully saturated rings. The highest BCUT2D eigenvalue weighted by molar-refractivity contribution is 6.21. The molecule has 1 aliphatic rings. The number of hydrogen-bond acceptors (Lipinski definition) is 1. The monoisotopic (exact) mass is 221 g/mol. The predicted octanol–water partition coefficient (Wildman–Crippen LogP) is 4.01. The average molecular weight is 222 g/mol. The molecule has 80 valence electrons. The van der Waals surface area contributed by atoms with E-state index in [0.29, 0.717) is 0 Å². The van der Waals surface area contributed by atoms with Crippen molar-refractivity contribution in [3.63, 3.8) is 0 Å². The quantitative estimate of drug-likeness (QED) is 0.551. The van der Waals surface area contributed by atoms with Gasteiger partial charge in [0.25, 0.3) is 0 Å². The van der Waals surface area contributed by atoms with Crippen molar-refractivity contribution < 1.29 is 0 Å². The predicted molar refractivity (Wildman–Crippen MR) is 65.7 cm³/mol. The van der Waals surface area contributed by atoms with Crippen molar-refractivity contribution in [2.24, 2.45) is 0 Å². The van der Waals surface area contributed by atoms with Crippen molar-refractivity contribution in [1.29, 1.82) is 0 Å². The normalized spacial score (nSPS) is 19.1. The molecular formula is C13H16ClN. The van der Waals surface area contributed by atoms with E-state index in [9.17, 15) is 0 Å². The SMILES string of the molecule is CCCCN1C=Cc2ccccc2C1Cl. The van der Waals surface area contributed by atoms with Crippen molar-refractivity contribution in [1.82, 2.24) is 4.90 Å². The van der Waals surface area contributed by atoms with Gasteiger partial charge in [-0.2, -0.15) is 0 Å². The van der Waals surface area contributed by atoms with Gasteiger partial charge in [0.15, 0.2) is 0 Å². The Bertz CT molecular complexity index is 359. The number of unbranched alkanes of at least 4 members (excludes halogenated alkanes) is 1. The second-order valence-corrected chi connectivity index (χ2v) is 4.29. The van der Waals surface area contributed by atoms with E-state index < -0.39 is 0 Å². The molecule has 0 saturated carbocycles. The summed E-state index contributed by atoms with van der Waals surface area (Å²) in [4.78, 5) is 2.20. The molecule has 1 aliphatic heterocycles. The molecule has 0 amide bonds. The van der Waals surface area contributed by atoms with E-state index in [4.69, 9.17) is 11.6 Å². The van der Waals surface area contributed by atoms with Gasteiger partial charge < -0.3 is 4.90 Å². The molecule has 1 heterocycles. The van der Waals surface area contributed by atoms with Crippen molar-refractivity contribution in [2.75, 3.05) is 6.54 Å². The van der Waals surface area contributed by atoms with Gasteiger partial charge >= 0.3 is 0 Å². The third kappa shape index (κ3) is 2.18. The minimum atomic E-state index is -0.00208. The Hall–Kier alpha value is -0.950. The van der Waals surface area contributed by atoms with Crippen LogP contribution in [-0.2, 0) is 0 Å². The number of rotatable bonds is 3. The molecule has 1 aromatic carbocycles. The number of nitrogens with zero attached hydrogens (tertiary/aromatic N) is 1. The third-order valence-corrected chi connectivity index (χ3v) is 3.25. The van der Waals surface area contributed by atoms with Crippen LogP contribution in [0.3, 0.4) is 0 Å². The highest BCUT2D eigenvalue weighted by Crippen LogP contribution is 2.32. The molecule has 0 aromatic heterocycles. The molecule has 1 unspecified atom stereocenters. The first-order valence-electron chi connectivity index (χ1n) is 5.50. The third-order valence-electron chi connectivity index (χ3n) is 2.76. The molecule has 0 aliphatic carbocycles. The smallest absolute Gasteiger partial charge is 0.130 e. The number of benzene rings is 1. The fourth-order valence-corrected chi connectivity index (χ4v) is 2.20. The maximum atomic E-state index is 6.42. The summed E-state index contributed by atoms with van der Waals surface area (Å²) in [5.41, 5.74) is 2.46. The Balaban J connectivity index is 2.18. The minimum Gasteiger partial charge on any atom is -0.358 e. The Labute approximate surface area is 96.4 Å². The van der Waals surface area contributed by atoms with Crippen LogP contribution in [0.1, 0.15) is 36.4 Å². The number of hydrogen-bond donors (Lipinski definition) is 0. The molecule has 0 saturated heterocycles. The lowest BCUT2D eigenvalue weighted by molar-refractivity contribution is 0.344. The number of fused-ring (bicyclic) bond motifs is 1. The molecule has 1 nitrogen and oxygen atoms in total. The Morgan fingerprint density at radius 2 is 2.13 bits per heavy atom. The van der Waals surface area contributed by atoms with Gasteiger partial charge in [-0.15, -0.1) is 0 Å². The summed E-state index contributed by atoms with van der Waals surface area (Å²) >= 11 is 6.42. The van der Waals surface area contributed by atoms with Gasteiger partial charge in [-0.1, -0.05) is 49.2 Å². The molecule has 0 bridgehead atoms. The first kappa shape index (κ1) is 10.6. The van der Waals surface area contributed by atoms with Crippen molar-refractivity contribution in [3.8, 4) is 0 Å². The lowest BCUT2D eigenvalue weighted by Crippen LogP contribution is -2.23. The lowest BCUT2D eigenvalue weighted by atomic mass is 10.0. The Kier molecular flexibility index (Phi) is 3.32. The number of halogens is 1. The minimum absolute atomic E-state index is 0.00208. The van der Waals surface area contributed by atoms with Crippen LogP contribution in [0.25, 0.3) is 6.08 Å². The van der Waals surface area contributed by atoms with Crippen LogP contribution in [0, 0.1) is 0 Å². The van der Waals surface area contributed by atoms with Gasteiger partial charge in [0.05, 0.1) is 0 Å². The molecule has 0 radical (unpaired) electrons. The summed E-state index contributed by atoms with van der Waals surface area (Å²) in [6.45, 7) is 3.24. The van der Waals surface area contributed by atoms with E-state index >= 15 is 0 Å². The van der Waals surface area contributed by atoms with Crippen LogP contribution in [0.5, 0.6) is 0 Å². The van der Waals surface area contributed by atoms with E-state index in [1.165, 1.54) is 24.0 Å². The van der Waals surface area contributed by atoms with E-state index in [-0.39, 0.29) is 5.50 Å².